The van der Waals surface area contributed by atoms with Crippen molar-refractivity contribution in [3.63, 3.8) is 0 Å². The second-order valence-corrected chi connectivity index (χ2v) is 6.87. The number of aromatic hydroxyl groups is 1. The minimum absolute atomic E-state index is 0. The molecule has 6 nitrogen and oxygen atoms in total. The monoisotopic (exact) mass is 511 g/mol. The summed E-state index contributed by atoms with van der Waals surface area (Å²) in [5.41, 5.74) is -0.179. The van der Waals surface area contributed by atoms with E-state index in [0.717, 1.165) is 30.7 Å². The van der Waals surface area contributed by atoms with Gasteiger partial charge >= 0.3 is 0 Å². The van der Waals surface area contributed by atoms with Crippen molar-refractivity contribution in [2.45, 2.75) is 20.4 Å². The molecular weight excluding hydrogens is 481 g/mol. The van der Waals surface area contributed by atoms with Gasteiger partial charge < -0.3 is 43.5 Å². The number of hydrogen-bond donors (Lipinski definition) is 2. The molecule has 0 aliphatic heterocycles. The van der Waals surface area contributed by atoms with E-state index in [4.69, 9.17) is 0 Å². The number of rotatable bonds is 10. The number of benzene rings is 1. The Morgan fingerprint density at radius 3 is 2.45 bits per heavy atom. The van der Waals surface area contributed by atoms with Gasteiger partial charge in [-0.1, -0.05) is 24.8 Å². The molecule has 29 heavy (non-hydrogen) atoms. The Morgan fingerprint density at radius 2 is 1.86 bits per heavy atom. The molecule has 0 aliphatic rings. The van der Waals surface area contributed by atoms with Crippen LogP contribution in [0.2, 0.25) is 0 Å². The van der Waals surface area contributed by atoms with Crippen LogP contribution in [0.25, 0.3) is 10.9 Å². The second-order valence-electron chi connectivity index (χ2n) is 6.87. The molecule has 0 aliphatic carbocycles. The van der Waals surface area contributed by atoms with Crippen molar-refractivity contribution < 1.29 is 38.4 Å². The maximum Gasteiger partial charge on any atom is 0.268 e. The lowest BCUT2D eigenvalue weighted by Gasteiger charge is -2.35. The molecule has 0 fully saturated rings. The number of halogens is 1. The van der Waals surface area contributed by atoms with Crippen LogP contribution in [-0.4, -0.2) is 52.8 Å². The third-order valence-corrected chi connectivity index (χ3v) is 5.41. The zero-order chi connectivity index (χ0) is 20.7. The standard InChI is InChI=1S/C22H29N3O3.HI/c1-5-14-24-18-12-10-9-11-17(18)20(26)19(22(24)28)21(27)23-13-16-25(7-3,8-4)15-6-2;/h5-6,9-12H,1-2,7-8,13-16H2,3-4H3,(H-,23,26,27,28);1H. The van der Waals surface area contributed by atoms with Crippen LogP contribution in [-0.2, 0) is 6.54 Å². The number of aromatic nitrogens is 1. The van der Waals surface area contributed by atoms with Crippen molar-refractivity contribution in [3.8, 4) is 5.75 Å². The van der Waals surface area contributed by atoms with E-state index < -0.39 is 11.5 Å². The molecule has 7 heteroatoms. The zero-order valence-corrected chi connectivity index (χ0v) is 19.3. The first kappa shape index (κ1) is 24.9. The summed E-state index contributed by atoms with van der Waals surface area (Å²) in [6, 6.07) is 6.98. The largest absolute Gasteiger partial charge is 1.00 e. The average Bonchev–Trinajstić information content (AvgIpc) is 2.70. The lowest BCUT2D eigenvalue weighted by molar-refractivity contribution is -0.918. The average molecular weight is 511 g/mol. The second kappa shape index (κ2) is 11.2. The van der Waals surface area contributed by atoms with Crippen molar-refractivity contribution in [2.24, 2.45) is 0 Å². The van der Waals surface area contributed by atoms with Gasteiger partial charge in [-0.15, -0.1) is 6.58 Å². The summed E-state index contributed by atoms with van der Waals surface area (Å²) in [5.74, 6) is -0.841. The Bertz CT molecular complexity index is 933. The Labute approximate surface area is 189 Å². The van der Waals surface area contributed by atoms with Crippen LogP contribution in [0.15, 0.2) is 54.4 Å². The minimum Gasteiger partial charge on any atom is -1.00 e. The third kappa shape index (κ3) is 5.27. The molecule has 1 amide bonds. The van der Waals surface area contributed by atoms with Crippen LogP contribution in [0.1, 0.15) is 24.2 Å². The van der Waals surface area contributed by atoms with Crippen LogP contribution in [0, 0.1) is 0 Å². The van der Waals surface area contributed by atoms with E-state index in [1.165, 1.54) is 4.57 Å². The summed E-state index contributed by atoms with van der Waals surface area (Å²) in [4.78, 5) is 25.7. The fourth-order valence-corrected chi connectivity index (χ4v) is 3.56. The molecule has 0 spiro atoms. The first-order chi connectivity index (χ1) is 13.4. The summed E-state index contributed by atoms with van der Waals surface area (Å²) >= 11 is 0. The van der Waals surface area contributed by atoms with E-state index >= 15 is 0 Å². The summed E-state index contributed by atoms with van der Waals surface area (Å²) in [6.07, 6.45) is 3.48. The number of amides is 1. The van der Waals surface area contributed by atoms with Crippen molar-refractivity contribution in [1.29, 1.82) is 0 Å². The topological polar surface area (TPSA) is 71.3 Å². The Morgan fingerprint density at radius 1 is 1.21 bits per heavy atom. The van der Waals surface area contributed by atoms with Gasteiger partial charge in [0.2, 0.25) is 0 Å². The molecule has 0 saturated carbocycles. The quantitative estimate of drug-likeness (QED) is 0.261. The molecule has 0 radical (unpaired) electrons. The molecule has 1 heterocycles. The number of quaternary nitrogens is 1. The highest BCUT2D eigenvalue weighted by Gasteiger charge is 2.24. The Hall–Kier alpha value is -2.13. The maximum atomic E-state index is 12.9. The number of carbonyl (C=O) groups is 1. The van der Waals surface area contributed by atoms with Gasteiger partial charge in [0, 0.05) is 11.9 Å². The Kier molecular flexibility index (Phi) is 9.58. The van der Waals surface area contributed by atoms with E-state index in [1.807, 2.05) is 6.08 Å². The fraction of sp³-hybridized carbons (Fsp3) is 0.364. The van der Waals surface area contributed by atoms with Crippen LogP contribution in [0.4, 0.5) is 0 Å². The van der Waals surface area contributed by atoms with Crippen LogP contribution < -0.4 is 34.9 Å². The molecule has 0 saturated heterocycles. The highest BCUT2D eigenvalue weighted by atomic mass is 127. The molecule has 2 aromatic rings. The fourth-order valence-electron chi connectivity index (χ4n) is 3.56. The third-order valence-electron chi connectivity index (χ3n) is 5.41. The highest BCUT2D eigenvalue weighted by Crippen LogP contribution is 2.26. The van der Waals surface area contributed by atoms with Crippen LogP contribution in [0.3, 0.4) is 0 Å². The maximum absolute atomic E-state index is 12.9. The first-order valence-electron chi connectivity index (χ1n) is 9.64. The van der Waals surface area contributed by atoms with Crippen molar-refractivity contribution in [1.82, 2.24) is 9.88 Å². The molecule has 2 rings (SSSR count). The summed E-state index contributed by atoms with van der Waals surface area (Å²) in [5, 5.41) is 13.9. The van der Waals surface area contributed by atoms with Crippen molar-refractivity contribution in [2.75, 3.05) is 32.7 Å². The normalized spacial score (nSPS) is 11.0. The van der Waals surface area contributed by atoms with Gasteiger partial charge in [-0.25, -0.2) is 0 Å². The number of pyridine rings is 1. The smallest absolute Gasteiger partial charge is 0.268 e. The molecule has 158 valence electrons. The van der Waals surface area contributed by atoms with E-state index in [9.17, 15) is 14.7 Å². The molecule has 0 unspecified atom stereocenters. The predicted octanol–water partition coefficient (Wildman–Crippen LogP) is -0.330. The van der Waals surface area contributed by atoms with Gasteiger partial charge in [-0.2, -0.15) is 0 Å². The van der Waals surface area contributed by atoms with E-state index in [2.05, 4.69) is 32.3 Å². The van der Waals surface area contributed by atoms with Gasteiger partial charge in [-0.3, -0.25) is 9.59 Å². The number of carbonyl (C=O) groups excluding carboxylic acids is 1. The zero-order valence-electron chi connectivity index (χ0n) is 17.2. The van der Waals surface area contributed by atoms with Gasteiger partial charge in [0.25, 0.3) is 11.5 Å². The number of nitrogens with one attached hydrogen (secondary N) is 1. The van der Waals surface area contributed by atoms with Gasteiger partial charge in [-0.05, 0) is 32.1 Å². The van der Waals surface area contributed by atoms with Crippen LogP contribution in [0.5, 0.6) is 5.75 Å². The van der Waals surface area contributed by atoms with Gasteiger partial charge in [0.1, 0.15) is 11.3 Å². The van der Waals surface area contributed by atoms with Gasteiger partial charge in [0.05, 0.1) is 38.2 Å². The highest BCUT2D eigenvalue weighted by molar-refractivity contribution is 6.02. The first-order valence-corrected chi connectivity index (χ1v) is 9.64. The number of fused-ring (bicyclic) bond motifs is 1. The number of para-hydroxylation sites is 1. The molecule has 0 atom stereocenters. The Balaban J connectivity index is 0.00000420. The molecular formula is C22H30IN3O3. The molecule has 0 bridgehead atoms. The van der Waals surface area contributed by atoms with Gasteiger partial charge in [0.15, 0.2) is 0 Å². The minimum atomic E-state index is -0.560. The van der Waals surface area contributed by atoms with E-state index in [-0.39, 0.29) is 41.8 Å². The molecule has 1 aromatic carbocycles. The van der Waals surface area contributed by atoms with Crippen molar-refractivity contribution in [3.05, 3.63) is 65.5 Å². The van der Waals surface area contributed by atoms with E-state index in [0.29, 0.717) is 17.4 Å². The number of nitrogens with zero attached hydrogens (tertiary/aromatic N) is 2. The van der Waals surface area contributed by atoms with Crippen LogP contribution >= 0.6 is 0 Å². The van der Waals surface area contributed by atoms with Crippen molar-refractivity contribution >= 4 is 16.8 Å². The molecule has 2 N–H and O–H groups in total. The number of allylic oxidation sites excluding steroid dienone is 1. The summed E-state index contributed by atoms with van der Waals surface area (Å²) in [7, 11) is 0. The molecule has 1 aromatic heterocycles. The number of hydrogen-bond acceptors (Lipinski definition) is 3. The summed E-state index contributed by atoms with van der Waals surface area (Å²) in [6.45, 7) is 15.8. The SMILES string of the molecule is C=CCn1c(=O)c(C(=O)NCC[N+](CC)(CC)CC=C)c(O)c2ccccc21.[I-]. The van der Waals surface area contributed by atoms with E-state index in [1.54, 1.807) is 30.3 Å². The lowest BCUT2D eigenvalue weighted by Crippen LogP contribution is -3.00. The lowest BCUT2D eigenvalue weighted by atomic mass is 10.1. The predicted molar refractivity (Wildman–Crippen MR) is 114 cm³/mol. The summed E-state index contributed by atoms with van der Waals surface area (Å²) < 4.78 is 2.25. The number of likely N-dealkylation sites (N-methyl/N-ethyl adjacent to an activating group) is 1.